The molecule has 3 rings (SSSR count). The first kappa shape index (κ1) is 17.5. The Balaban J connectivity index is 1.98. The minimum atomic E-state index is -1.01. The molecular weight excluding hydrogens is 377 g/mol. The molecule has 3 nitrogen and oxygen atoms in total. The fourth-order valence-corrected chi connectivity index (χ4v) is 3.79. The first-order chi connectivity index (χ1) is 12.0. The minimum absolute atomic E-state index is 0.195. The normalized spacial score (nSPS) is 10.5. The van der Waals surface area contributed by atoms with Crippen LogP contribution < -0.4 is 5.32 Å². The van der Waals surface area contributed by atoms with Crippen molar-refractivity contribution in [3.63, 3.8) is 0 Å². The van der Waals surface area contributed by atoms with Gasteiger partial charge in [-0.05, 0) is 23.8 Å². The number of hydrogen-bond acceptors (Lipinski definition) is 3. The lowest BCUT2D eigenvalue weighted by Crippen LogP contribution is -2.04. The zero-order valence-electron chi connectivity index (χ0n) is 12.9. The predicted octanol–water partition coefficient (Wildman–Crippen LogP) is 6.50. The van der Waals surface area contributed by atoms with E-state index >= 15 is 0 Å². The summed E-state index contributed by atoms with van der Waals surface area (Å²) in [6.07, 6.45) is 0. The molecule has 0 aliphatic carbocycles. The maximum Gasteiger partial charge on any atom is 0.339 e. The van der Waals surface area contributed by atoms with Crippen molar-refractivity contribution >= 4 is 51.9 Å². The summed E-state index contributed by atoms with van der Waals surface area (Å²) in [5, 5.41) is 15.7. The van der Waals surface area contributed by atoms with E-state index in [-0.39, 0.29) is 5.56 Å². The third-order valence-electron chi connectivity index (χ3n) is 3.60. The molecule has 3 aromatic rings. The van der Waals surface area contributed by atoms with Crippen LogP contribution in [0.2, 0.25) is 10.0 Å². The summed E-state index contributed by atoms with van der Waals surface area (Å²) in [7, 11) is 0. The van der Waals surface area contributed by atoms with E-state index in [9.17, 15) is 9.90 Å². The number of hydrogen-bond donors (Lipinski definition) is 2. The van der Waals surface area contributed by atoms with Gasteiger partial charge < -0.3 is 10.4 Å². The van der Waals surface area contributed by atoms with E-state index in [0.29, 0.717) is 26.3 Å². The number of halogens is 2. The Kier molecular flexibility index (Phi) is 5.13. The van der Waals surface area contributed by atoms with E-state index in [2.05, 4.69) is 11.9 Å². The van der Waals surface area contributed by atoms with Gasteiger partial charge in [-0.15, -0.1) is 11.3 Å². The Labute approximate surface area is 159 Å². The third-order valence-corrected chi connectivity index (χ3v) is 5.21. The van der Waals surface area contributed by atoms with Crippen molar-refractivity contribution in [2.24, 2.45) is 0 Å². The second kappa shape index (κ2) is 7.31. The van der Waals surface area contributed by atoms with Crippen LogP contribution in [0, 0.1) is 0 Å². The van der Waals surface area contributed by atoms with Crippen molar-refractivity contribution < 1.29 is 9.90 Å². The number of nitrogens with one attached hydrogen (secondary N) is 1. The third kappa shape index (κ3) is 3.71. The molecule has 1 heterocycles. The highest BCUT2D eigenvalue weighted by molar-refractivity contribution is 7.14. The molecule has 0 aliphatic rings. The number of benzene rings is 2. The molecular formula is C19H13Cl2NO2S. The average Bonchev–Trinajstić information content (AvgIpc) is 2.99. The van der Waals surface area contributed by atoms with E-state index in [1.165, 1.54) is 11.3 Å². The highest BCUT2D eigenvalue weighted by Crippen LogP contribution is 2.38. The SMILES string of the molecule is C=C(Nc1csc(-c2ccc(Cl)cc2)c1C(=O)O)c1ccccc1Cl. The number of anilines is 1. The van der Waals surface area contributed by atoms with E-state index < -0.39 is 5.97 Å². The largest absolute Gasteiger partial charge is 0.478 e. The van der Waals surface area contributed by atoms with Crippen LogP contribution in [0.15, 0.2) is 60.5 Å². The van der Waals surface area contributed by atoms with Crippen LogP contribution in [0.4, 0.5) is 5.69 Å². The summed E-state index contributed by atoms with van der Waals surface area (Å²) in [5.74, 6) is -1.01. The molecule has 2 aromatic carbocycles. The van der Waals surface area contributed by atoms with Gasteiger partial charge >= 0.3 is 5.97 Å². The van der Waals surface area contributed by atoms with Crippen molar-refractivity contribution in [1.82, 2.24) is 0 Å². The highest BCUT2D eigenvalue weighted by atomic mass is 35.5. The fraction of sp³-hybridized carbons (Fsp3) is 0. The summed E-state index contributed by atoms with van der Waals surface area (Å²) >= 11 is 13.4. The molecule has 25 heavy (non-hydrogen) atoms. The molecule has 0 amide bonds. The quantitative estimate of drug-likeness (QED) is 0.523. The van der Waals surface area contributed by atoms with Gasteiger partial charge in [0.15, 0.2) is 0 Å². The summed E-state index contributed by atoms with van der Waals surface area (Å²) in [4.78, 5) is 12.5. The lowest BCUT2D eigenvalue weighted by Gasteiger charge is -2.11. The standard InChI is InChI=1S/C19H13Cl2NO2S/c1-11(14-4-2-3-5-15(14)21)22-16-10-25-18(17(16)19(23)24)12-6-8-13(20)9-7-12/h2-10,22H,1H2,(H,23,24). The summed E-state index contributed by atoms with van der Waals surface area (Å²) in [6.45, 7) is 3.97. The Hall–Kier alpha value is -2.27. The Morgan fingerprint density at radius 2 is 1.76 bits per heavy atom. The second-order valence-corrected chi connectivity index (χ2v) is 6.97. The molecule has 2 N–H and O–H groups in total. The molecule has 0 fully saturated rings. The first-order valence-corrected chi connectivity index (χ1v) is 8.92. The van der Waals surface area contributed by atoms with Crippen molar-refractivity contribution in [1.29, 1.82) is 0 Å². The van der Waals surface area contributed by atoms with Gasteiger partial charge in [-0.25, -0.2) is 4.79 Å². The Bertz CT molecular complexity index is 948. The fourth-order valence-electron chi connectivity index (χ4n) is 2.41. The smallest absolute Gasteiger partial charge is 0.339 e. The zero-order chi connectivity index (χ0) is 18.0. The molecule has 0 saturated carbocycles. The molecule has 0 unspecified atom stereocenters. The van der Waals surface area contributed by atoms with Crippen LogP contribution in [0.5, 0.6) is 0 Å². The molecule has 0 atom stereocenters. The molecule has 1 aromatic heterocycles. The van der Waals surface area contributed by atoms with Crippen LogP contribution in [-0.2, 0) is 0 Å². The maximum atomic E-state index is 11.8. The average molecular weight is 390 g/mol. The number of rotatable bonds is 5. The Morgan fingerprint density at radius 3 is 2.40 bits per heavy atom. The summed E-state index contributed by atoms with van der Waals surface area (Å²) in [5.41, 5.74) is 2.73. The number of carboxylic acids is 1. The molecule has 0 aliphatic heterocycles. The second-order valence-electron chi connectivity index (χ2n) is 5.25. The molecule has 126 valence electrons. The van der Waals surface area contributed by atoms with Crippen molar-refractivity contribution in [3.8, 4) is 10.4 Å². The maximum absolute atomic E-state index is 11.8. The van der Waals surface area contributed by atoms with Gasteiger partial charge in [0.2, 0.25) is 0 Å². The van der Waals surface area contributed by atoms with Gasteiger partial charge in [0.25, 0.3) is 0 Å². The summed E-state index contributed by atoms with van der Waals surface area (Å²) < 4.78 is 0. The molecule has 0 bridgehead atoms. The predicted molar refractivity (Wildman–Crippen MR) is 106 cm³/mol. The van der Waals surface area contributed by atoms with Crippen LogP contribution >= 0.6 is 34.5 Å². The monoisotopic (exact) mass is 389 g/mol. The van der Waals surface area contributed by atoms with Crippen molar-refractivity contribution in [2.75, 3.05) is 5.32 Å². The van der Waals surface area contributed by atoms with E-state index in [4.69, 9.17) is 23.2 Å². The van der Waals surface area contributed by atoms with E-state index in [1.807, 2.05) is 18.2 Å². The van der Waals surface area contributed by atoms with Crippen LogP contribution in [0.25, 0.3) is 16.1 Å². The number of carbonyl (C=O) groups is 1. The van der Waals surface area contributed by atoms with Gasteiger partial charge in [0.1, 0.15) is 5.56 Å². The first-order valence-electron chi connectivity index (χ1n) is 7.29. The van der Waals surface area contributed by atoms with Gasteiger partial charge in [0.05, 0.1) is 10.6 Å². The number of aromatic carboxylic acids is 1. The molecule has 0 radical (unpaired) electrons. The van der Waals surface area contributed by atoms with Crippen LogP contribution in [-0.4, -0.2) is 11.1 Å². The lowest BCUT2D eigenvalue weighted by atomic mass is 10.1. The number of thiophene rings is 1. The molecule has 0 saturated heterocycles. The molecule has 0 spiro atoms. The highest BCUT2D eigenvalue weighted by Gasteiger charge is 2.20. The topological polar surface area (TPSA) is 49.3 Å². The van der Waals surface area contributed by atoms with Crippen molar-refractivity contribution in [3.05, 3.63) is 81.7 Å². The molecule has 6 heteroatoms. The van der Waals surface area contributed by atoms with Gasteiger partial charge in [-0.1, -0.05) is 60.1 Å². The summed E-state index contributed by atoms with van der Waals surface area (Å²) in [6, 6.07) is 14.3. The minimum Gasteiger partial charge on any atom is -0.478 e. The zero-order valence-corrected chi connectivity index (χ0v) is 15.3. The lowest BCUT2D eigenvalue weighted by molar-refractivity contribution is 0.0699. The van der Waals surface area contributed by atoms with Gasteiger partial charge in [0, 0.05) is 26.7 Å². The van der Waals surface area contributed by atoms with Crippen LogP contribution in [0.3, 0.4) is 0 Å². The number of carboxylic acid groups (broad SMARTS) is 1. The van der Waals surface area contributed by atoms with Crippen molar-refractivity contribution in [2.45, 2.75) is 0 Å². The van der Waals surface area contributed by atoms with E-state index in [1.54, 1.807) is 35.7 Å². The van der Waals surface area contributed by atoms with E-state index in [0.717, 1.165) is 11.1 Å². The van der Waals surface area contributed by atoms with Gasteiger partial charge in [-0.3, -0.25) is 0 Å². The Morgan fingerprint density at radius 1 is 1.08 bits per heavy atom. The van der Waals surface area contributed by atoms with Gasteiger partial charge in [-0.2, -0.15) is 0 Å². The van der Waals surface area contributed by atoms with Crippen LogP contribution in [0.1, 0.15) is 15.9 Å².